The smallest absolute Gasteiger partial charge is 0.220 e. The summed E-state index contributed by atoms with van der Waals surface area (Å²) < 4.78 is 5.08. The molecule has 0 atom stereocenters. The van der Waals surface area contributed by atoms with Crippen molar-refractivity contribution in [1.29, 1.82) is 0 Å². The lowest BCUT2D eigenvalue weighted by Crippen LogP contribution is -2.01. The van der Waals surface area contributed by atoms with Crippen molar-refractivity contribution in [2.75, 3.05) is 12.8 Å². The van der Waals surface area contributed by atoms with Crippen LogP contribution in [-0.4, -0.2) is 27.0 Å². The molecule has 0 saturated carbocycles. The summed E-state index contributed by atoms with van der Waals surface area (Å²) in [6.07, 6.45) is 3.61. The number of ether oxygens (including phenoxy) is 1. The molecular weight excluding hydrogens is 242 g/mol. The van der Waals surface area contributed by atoms with E-state index in [1.807, 2.05) is 24.4 Å². The van der Waals surface area contributed by atoms with E-state index in [4.69, 9.17) is 10.5 Å². The minimum absolute atomic E-state index is 0.239. The van der Waals surface area contributed by atoms with E-state index in [0.29, 0.717) is 6.61 Å². The van der Waals surface area contributed by atoms with Crippen molar-refractivity contribution < 1.29 is 4.74 Å². The van der Waals surface area contributed by atoms with Gasteiger partial charge in [-0.3, -0.25) is 0 Å². The SMILES string of the molecule is COCc1cc(-c2c[nH]c3ncccc23)nc(N)n1. The quantitative estimate of drug-likeness (QED) is 0.744. The summed E-state index contributed by atoms with van der Waals surface area (Å²) in [5.41, 5.74) is 9.03. The lowest BCUT2D eigenvalue weighted by Gasteiger charge is -2.04. The van der Waals surface area contributed by atoms with Crippen LogP contribution in [0.15, 0.2) is 30.6 Å². The Labute approximate surface area is 109 Å². The number of fused-ring (bicyclic) bond motifs is 1. The molecule has 3 aromatic rings. The molecule has 19 heavy (non-hydrogen) atoms. The Morgan fingerprint density at radius 2 is 2.26 bits per heavy atom. The summed E-state index contributed by atoms with van der Waals surface area (Å²) in [7, 11) is 1.62. The lowest BCUT2D eigenvalue weighted by atomic mass is 10.1. The predicted octanol–water partition coefficient (Wildman–Crippen LogP) is 1.75. The van der Waals surface area contributed by atoms with Crippen LogP contribution in [0.25, 0.3) is 22.3 Å². The van der Waals surface area contributed by atoms with E-state index < -0.39 is 0 Å². The van der Waals surface area contributed by atoms with Gasteiger partial charge in [-0.15, -0.1) is 0 Å². The Kier molecular flexibility index (Phi) is 2.85. The molecule has 3 aromatic heterocycles. The Morgan fingerprint density at radius 1 is 1.37 bits per heavy atom. The van der Waals surface area contributed by atoms with Crippen LogP contribution in [0.5, 0.6) is 0 Å². The third-order valence-corrected chi connectivity index (χ3v) is 2.82. The van der Waals surface area contributed by atoms with Gasteiger partial charge in [0.05, 0.1) is 18.0 Å². The van der Waals surface area contributed by atoms with Crippen molar-refractivity contribution in [2.45, 2.75) is 6.61 Å². The molecular formula is C13H13N5O. The second-order valence-corrected chi connectivity index (χ2v) is 4.14. The number of pyridine rings is 1. The van der Waals surface area contributed by atoms with Crippen molar-refractivity contribution in [2.24, 2.45) is 0 Å². The summed E-state index contributed by atoms with van der Waals surface area (Å²) in [6.45, 7) is 0.403. The topological polar surface area (TPSA) is 89.7 Å². The first-order chi connectivity index (χ1) is 9.28. The average molecular weight is 255 g/mol. The molecule has 0 saturated heterocycles. The summed E-state index contributed by atoms with van der Waals surface area (Å²) in [4.78, 5) is 15.8. The molecule has 96 valence electrons. The number of aromatic nitrogens is 4. The van der Waals surface area contributed by atoms with Crippen molar-refractivity contribution in [1.82, 2.24) is 19.9 Å². The van der Waals surface area contributed by atoms with Crippen LogP contribution >= 0.6 is 0 Å². The standard InChI is InChI=1S/C13H13N5O/c1-19-7-8-5-11(18-13(14)17-8)10-6-16-12-9(10)3-2-4-15-12/h2-6H,7H2,1H3,(H,15,16)(H2,14,17,18). The molecule has 0 radical (unpaired) electrons. The fourth-order valence-electron chi connectivity index (χ4n) is 2.05. The van der Waals surface area contributed by atoms with E-state index in [2.05, 4.69) is 19.9 Å². The van der Waals surface area contributed by atoms with Crippen LogP contribution in [0.4, 0.5) is 5.95 Å². The first kappa shape index (κ1) is 11.6. The number of aromatic amines is 1. The molecule has 0 fully saturated rings. The number of nitrogens with zero attached hydrogens (tertiary/aromatic N) is 3. The fraction of sp³-hybridized carbons (Fsp3) is 0.154. The van der Waals surface area contributed by atoms with Crippen molar-refractivity contribution in [3.63, 3.8) is 0 Å². The van der Waals surface area contributed by atoms with E-state index >= 15 is 0 Å². The summed E-state index contributed by atoms with van der Waals surface area (Å²) in [5, 5.41) is 1.00. The Bertz CT molecular complexity index is 722. The fourth-order valence-corrected chi connectivity index (χ4v) is 2.05. The molecule has 6 heteroatoms. The number of hydrogen-bond acceptors (Lipinski definition) is 5. The van der Waals surface area contributed by atoms with Gasteiger partial charge in [0.25, 0.3) is 0 Å². The molecule has 0 amide bonds. The number of methoxy groups -OCH3 is 1. The number of hydrogen-bond donors (Lipinski definition) is 2. The molecule has 0 aliphatic carbocycles. The van der Waals surface area contributed by atoms with Gasteiger partial charge >= 0.3 is 0 Å². The molecule has 0 unspecified atom stereocenters. The van der Waals surface area contributed by atoms with Gasteiger partial charge in [0.2, 0.25) is 5.95 Å². The zero-order chi connectivity index (χ0) is 13.2. The molecule has 0 spiro atoms. The second-order valence-electron chi connectivity index (χ2n) is 4.14. The average Bonchev–Trinajstić information content (AvgIpc) is 2.82. The van der Waals surface area contributed by atoms with Gasteiger partial charge < -0.3 is 15.5 Å². The third-order valence-electron chi connectivity index (χ3n) is 2.82. The van der Waals surface area contributed by atoms with Crippen molar-refractivity contribution >= 4 is 17.0 Å². The number of nitrogen functional groups attached to an aromatic ring is 1. The van der Waals surface area contributed by atoms with Crippen LogP contribution in [0.3, 0.4) is 0 Å². The molecule has 3 N–H and O–H groups in total. The normalized spacial score (nSPS) is 11.0. The largest absolute Gasteiger partial charge is 0.378 e. The number of nitrogens with one attached hydrogen (secondary N) is 1. The second kappa shape index (κ2) is 4.66. The van der Waals surface area contributed by atoms with Gasteiger partial charge in [0.1, 0.15) is 5.65 Å². The molecule has 3 heterocycles. The van der Waals surface area contributed by atoms with Gasteiger partial charge in [-0.25, -0.2) is 15.0 Å². The Hall–Kier alpha value is -2.47. The summed E-state index contributed by atoms with van der Waals surface area (Å²) in [5.74, 6) is 0.239. The van der Waals surface area contributed by atoms with Crippen LogP contribution in [0.1, 0.15) is 5.69 Å². The van der Waals surface area contributed by atoms with Crippen LogP contribution in [0.2, 0.25) is 0 Å². The maximum absolute atomic E-state index is 5.74. The highest BCUT2D eigenvalue weighted by Crippen LogP contribution is 2.26. The highest BCUT2D eigenvalue weighted by atomic mass is 16.5. The number of nitrogens with two attached hydrogens (primary N) is 1. The zero-order valence-corrected chi connectivity index (χ0v) is 10.4. The Morgan fingerprint density at radius 3 is 3.11 bits per heavy atom. The first-order valence-corrected chi connectivity index (χ1v) is 5.83. The Balaban J connectivity index is 2.15. The van der Waals surface area contributed by atoms with Gasteiger partial charge in [0.15, 0.2) is 0 Å². The highest BCUT2D eigenvalue weighted by molar-refractivity contribution is 5.92. The van der Waals surface area contributed by atoms with Crippen molar-refractivity contribution in [3.05, 3.63) is 36.3 Å². The zero-order valence-electron chi connectivity index (χ0n) is 10.4. The van der Waals surface area contributed by atoms with E-state index in [-0.39, 0.29) is 5.95 Å². The minimum Gasteiger partial charge on any atom is -0.378 e. The van der Waals surface area contributed by atoms with Crippen LogP contribution in [0, 0.1) is 0 Å². The van der Waals surface area contributed by atoms with Gasteiger partial charge in [0, 0.05) is 30.5 Å². The predicted molar refractivity (Wildman–Crippen MR) is 72.2 cm³/mol. The van der Waals surface area contributed by atoms with Crippen LogP contribution in [-0.2, 0) is 11.3 Å². The van der Waals surface area contributed by atoms with E-state index in [9.17, 15) is 0 Å². The third kappa shape index (κ3) is 2.13. The number of anilines is 1. The summed E-state index contributed by atoms with van der Waals surface area (Å²) >= 11 is 0. The maximum Gasteiger partial charge on any atom is 0.220 e. The molecule has 0 aliphatic rings. The lowest BCUT2D eigenvalue weighted by molar-refractivity contribution is 0.181. The van der Waals surface area contributed by atoms with E-state index in [1.165, 1.54) is 0 Å². The highest BCUT2D eigenvalue weighted by Gasteiger charge is 2.10. The number of rotatable bonds is 3. The van der Waals surface area contributed by atoms with Gasteiger partial charge in [-0.1, -0.05) is 0 Å². The molecule has 0 aromatic carbocycles. The molecule has 0 bridgehead atoms. The van der Waals surface area contributed by atoms with Crippen LogP contribution < -0.4 is 5.73 Å². The molecule has 6 nitrogen and oxygen atoms in total. The molecule has 0 aliphatic heterocycles. The van der Waals surface area contributed by atoms with E-state index in [1.54, 1.807) is 13.3 Å². The van der Waals surface area contributed by atoms with Crippen molar-refractivity contribution in [3.8, 4) is 11.3 Å². The minimum atomic E-state index is 0.239. The molecule has 3 rings (SSSR count). The van der Waals surface area contributed by atoms with E-state index in [0.717, 1.165) is 28.0 Å². The number of H-pyrrole nitrogens is 1. The van der Waals surface area contributed by atoms with Gasteiger partial charge in [-0.2, -0.15) is 0 Å². The monoisotopic (exact) mass is 255 g/mol. The maximum atomic E-state index is 5.74. The first-order valence-electron chi connectivity index (χ1n) is 5.83. The van der Waals surface area contributed by atoms with Gasteiger partial charge in [-0.05, 0) is 18.2 Å². The summed E-state index contributed by atoms with van der Waals surface area (Å²) in [6, 6.07) is 5.75.